The van der Waals surface area contributed by atoms with Gasteiger partial charge in [-0.3, -0.25) is 4.79 Å². The van der Waals surface area contributed by atoms with Gasteiger partial charge < -0.3 is 19.4 Å². The molecule has 0 atom stereocenters. The molecule has 1 aromatic carbocycles. The molecule has 144 valence electrons. The van der Waals surface area contributed by atoms with E-state index in [2.05, 4.69) is 9.88 Å². The number of piperidine rings is 1. The van der Waals surface area contributed by atoms with Crippen LogP contribution in [0.15, 0.2) is 28.2 Å². The predicted octanol–water partition coefficient (Wildman–Crippen LogP) is 2.98. The first-order valence-corrected chi connectivity index (χ1v) is 10.5. The highest BCUT2D eigenvalue weighted by atomic mass is 32.2. The number of aromatic nitrogens is 2. The van der Waals surface area contributed by atoms with Crippen LogP contribution in [-0.2, 0) is 6.42 Å². The van der Waals surface area contributed by atoms with Crippen LogP contribution >= 0.6 is 11.8 Å². The van der Waals surface area contributed by atoms with Crippen LogP contribution in [0.2, 0.25) is 0 Å². The molecule has 0 unspecified atom stereocenters. The lowest BCUT2D eigenvalue weighted by Crippen LogP contribution is -2.31. The van der Waals surface area contributed by atoms with E-state index < -0.39 is 0 Å². The van der Waals surface area contributed by atoms with Gasteiger partial charge in [-0.25, -0.2) is 4.98 Å². The van der Waals surface area contributed by atoms with Gasteiger partial charge in [0.25, 0.3) is 5.56 Å². The zero-order valence-electron chi connectivity index (χ0n) is 15.6. The number of nitrogens with one attached hydrogen (secondary N) is 1. The summed E-state index contributed by atoms with van der Waals surface area (Å²) in [5.41, 5.74) is 2.50. The Morgan fingerprint density at radius 3 is 2.85 bits per heavy atom. The highest BCUT2D eigenvalue weighted by molar-refractivity contribution is 7.99. The second-order valence-electron chi connectivity index (χ2n) is 7.06. The molecule has 0 saturated carbocycles. The summed E-state index contributed by atoms with van der Waals surface area (Å²) in [5.74, 6) is 2.46. The number of rotatable bonds is 6. The number of ether oxygens (including phenoxy) is 2. The zero-order chi connectivity index (χ0) is 18.6. The molecule has 0 bridgehead atoms. The van der Waals surface area contributed by atoms with Crippen molar-refractivity contribution in [2.45, 2.75) is 37.8 Å². The first-order valence-electron chi connectivity index (χ1n) is 9.52. The van der Waals surface area contributed by atoms with Gasteiger partial charge in [-0.15, -0.1) is 0 Å². The van der Waals surface area contributed by atoms with E-state index in [1.165, 1.54) is 32.4 Å². The van der Waals surface area contributed by atoms with Gasteiger partial charge in [0.05, 0.1) is 5.69 Å². The van der Waals surface area contributed by atoms with Gasteiger partial charge in [-0.2, -0.15) is 0 Å². The van der Waals surface area contributed by atoms with E-state index in [4.69, 9.17) is 14.5 Å². The summed E-state index contributed by atoms with van der Waals surface area (Å²) >= 11 is 1.63. The maximum Gasteiger partial charge on any atom is 0.254 e. The Balaban J connectivity index is 1.43. The number of fused-ring (bicyclic) bond motifs is 1. The Labute approximate surface area is 163 Å². The number of nitrogens with zero attached hydrogens (tertiary/aromatic N) is 2. The fraction of sp³-hybridized carbons (Fsp3) is 0.500. The molecule has 2 aliphatic rings. The molecule has 1 saturated heterocycles. The molecule has 2 aromatic rings. The Morgan fingerprint density at radius 1 is 1.19 bits per heavy atom. The van der Waals surface area contributed by atoms with Crippen LogP contribution in [0, 0.1) is 6.92 Å². The van der Waals surface area contributed by atoms with Crippen molar-refractivity contribution in [1.82, 2.24) is 14.9 Å². The monoisotopic (exact) mass is 387 g/mol. The second-order valence-corrected chi connectivity index (χ2v) is 8.14. The van der Waals surface area contributed by atoms with Crippen molar-refractivity contribution in [3.63, 3.8) is 0 Å². The van der Waals surface area contributed by atoms with Crippen molar-refractivity contribution in [3.8, 4) is 11.5 Å². The minimum Gasteiger partial charge on any atom is -0.454 e. The summed E-state index contributed by atoms with van der Waals surface area (Å²) in [6.45, 7) is 5.51. The predicted molar refractivity (Wildman–Crippen MR) is 106 cm³/mol. The van der Waals surface area contributed by atoms with Crippen LogP contribution in [-0.4, -0.2) is 47.0 Å². The summed E-state index contributed by atoms with van der Waals surface area (Å²) in [7, 11) is 0. The number of H-pyrrole nitrogens is 1. The van der Waals surface area contributed by atoms with E-state index in [9.17, 15) is 4.79 Å². The molecule has 7 heteroatoms. The molecule has 4 rings (SSSR count). The minimum atomic E-state index is -0.0544. The fourth-order valence-electron chi connectivity index (χ4n) is 3.50. The van der Waals surface area contributed by atoms with Gasteiger partial charge in [0.1, 0.15) is 0 Å². The lowest BCUT2D eigenvalue weighted by atomic mass is 10.1. The highest BCUT2D eigenvalue weighted by Crippen LogP contribution is 2.33. The van der Waals surface area contributed by atoms with E-state index in [-0.39, 0.29) is 12.4 Å². The first kappa shape index (κ1) is 18.4. The molecule has 27 heavy (non-hydrogen) atoms. The van der Waals surface area contributed by atoms with Crippen molar-refractivity contribution >= 4 is 11.8 Å². The number of thioether (sulfide) groups is 1. The smallest absolute Gasteiger partial charge is 0.254 e. The van der Waals surface area contributed by atoms with Crippen LogP contribution in [0.25, 0.3) is 0 Å². The third-order valence-corrected chi connectivity index (χ3v) is 5.99. The number of benzene rings is 1. The molecule has 1 fully saturated rings. The Kier molecular flexibility index (Phi) is 5.69. The van der Waals surface area contributed by atoms with E-state index in [1.807, 2.05) is 25.1 Å². The summed E-state index contributed by atoms with van der Waals surface area (Å²) in [6.07, 6.45) is 4.54. The lowest BCUT2D eigenvalue weighted by Gasteiger charge is -2.25. The van der Waals surface area contributed by atoms with Crippen molar-refractivity contribution in [1.29, 1.82) is 0 Å². The summed E-state index contributed by atoms with van der Waals surface area (Å²) in [5, 5.41) is 0.707. The molecule has 1 aromatic heterocycles. The van der Waals surface area contributed by atoms with E-state index in [0.717, 1.165) is 35.1 Å². The quantitative estimate of drug-likeness (QED) is 0.607. The molecule has 2 aliphatic heterocycles. The Morgan fingerprint density at radius 2 is 2.00 bits per heavy atom. The number of hydrogen-bond donors (Lipinski definition) is 1. The van der Waals surface area contributed by atoms with Gasteiger partial charge in [0, 0.05) is 24.3 Å². The molecule has 1 N–H and O–H groups in total. The third kappa shape index (κ3) is 4.47. The average molecular weight is 388 g/mol. The van der Waals surface area contributed by atoms with Crippen LogP contribution in [0.4, 0.5) is 0 Å². The summed E-state index contributed by atoms with van der Waals surface area (Å²) in [4.78, 5) is 22.5. The second kappa shape index (κ2) is 8.35. The molecule has 0 radical (unpaired) electrons. The van der Waals surface area contributed by atoms with Crippen LogP contribution in [0.3, 0.4) is 0 Å². The topological polar surface area (TPSA) is 67.5 Å². The highest BCUT2D eigenvalue weighted by Gasteiger charge is 2.15. The van der Waals surface area contributed by atoms with Gasteiger partial charge in [0.15, 0.2) is 16.7 Å². The Hall–Kier alpha value is -1.99. The van der Waals surface area contributed by atoms with Crippen molar-refractivity contribution in [2.24, 2.45) is 0 Å². The average Bonchev–Trinajstić information content (AvgIpc) is 3.14. The van der Waals surface area contributed by atoms with E-state index in [1.54, 1.807) is 11.8 Å². The van der Waals surface area contributed by atoms with Crippen LogP contribution in [0.5, 0.6) is 11.5 Å². The third-order valence-electron chi connectivity index (χ3n) is 5.13. The normalized spacial score (nSPS) is 16.6. The van der Waals surface area contributed by atoms with Gasteiger partial charge in [0.2, 0.25) is 6.79 Å². The molecule has 0 aliphatic carbocycles. The standard InChI is InChI=1S/C20H25N3O3S/c1-14-16(11-15-5-6-17-18(12-15)26-13-25-17)21-20(22-19(14)24)27-10-9-23-7-3-2-4-8-23/h5-6,12H,2-4,7-11,13H2,1H3,(H,21,22,24). The molecular weight excluding hydrogens is 362 g/mol. The summed E-state index contributed by atoms with van der Waals surface area (Å²) < 4.78 is 10.8. The van der Waals surface area contributed by atoms with Crippen molar-refractivity contribution < 1.29 is 9.47 Å². The van der Waals surface area contributed by atoms with Crippen LogP contribution in [0.1, 0.15) is 36.1 Å². The van der Waals surface area contributed by atoms with Gasteiger partial charge >= 0.3 is 0 Å². The van der Waals surface area contributed by atoms with E-state index >= 15 is 0 Å². The Bertz CT molecular complexity index is 862. The molecule has 3 heterocycles. The van der Waals surface area contributed by atoms with E-state index in [0.29, 0.717) is 17.1 Å². The molecule has 0 amide bonds. The molecular formula is C20H25N3O3S. The fourth-order valence-corrected chi connectivity index (χ4v) is 4.38. The maximum atomic E-state index is 12.3. The number of likely N-dealkylation sites (tertiary alicyclic amines) is 1. The lowest BCUT2D eigenvalue weighted by molar-refractivity contribution is 0.174. The SMILES string of the molecule is Cc1c(Cc2ccc3c(c2)OCO3)nc(SCCN2CCCCC2)[nH]c1=O. The number of aromatic amines is 1. The molecule has 6 nitrogen and oxygen atoms in total. The maximum absolute atomic E-state index is 12.3. The van der Waals surface area contributed by atoms with Gasteiger partial charge in [-0.1, -0.05) is 24.2 Å². The minimum absolute atomic E-state index is 0.0544. The van der Waals surface area contributed by atoms with Crippen molar-refractivity contribution in [3.05, 3.63) is 45.4 Å². The molecule has 0 spiro atoms. The summed E-state index contributed by atoms with van der Waals surface area (Å²) in [6, 6.07) is 5.88. The van der Waals surface area contributed by atoms with Crippen LogP contribution < -0.4 is 15.0 Å². The van der Waals surface area contributed by atoms with Gasteiger partial charge in [-0.05, 0) is 50.6 Å². The first-order chi connectivity index (χ1) is 13.2. The van der Waals surface area contributed by atoms with Crippen molar-refractivity contribution in [2.75, 3.05) is 32.2 Å². The zero-order valence-corrected chi connectivity index (χ0v) is 16.4. The largest absolute Gasteiger partial charge is 0.454 e. The number of hydrogen-bond acceptors (Lipinski definition) is 6.